The Labute approximate surface area is 136 Å². The molecule has 0 spiro atoms. The van der Waals surface area contributed by atoms with Crippen LogP contribution >= 0.6 is 0 Å². The fourth-order valence-corrected chi connectivity index (χ4v) is 2.87. The lowest BCUT2D eigenvalue weighted by atomic mass is 10.1. The molecule has 0 radical (unpaired) electrons. The van der Waals surface area contributed by atoms with Gasteiger partial charge in [-0.05, 0) is 29.2 Å². The number of rotatable bonds is 5. The summed E-state index contributed by atoms with van der Waals surface area (Å²) >= 11 is 0. The molecule has 2 aromatic rings. The van der Waals surface area contributed by atoms with Gasteiger partial charge in [0.25, 0.3) is 0 Å². The van der Waals surface area contributed by atoms with Crippen molar-refractivity contribution in [1.29, 1.82) is 0 Å². The highest BCUT2D eigenvalue weighted by Gasteiger charge is 2.23. The maximum atomic E-state index is 12.0. The number of nitrogens with one attached hydrogen (secondary N) is 1. The maximum absolute atomic E-state index is 12.0. The van der Waals surface area contributed by atoms with E-state index in [1.165, 1.54) is 5.56 Å². The first-order valence-electron chi connectivity index (χ1n) is 7.82. The molecule has 1 N–H and O–H groups in total. The standard InChI is InChI=1S/C19H20N2O2/c1-21-17-8-7-15(11-16(17)13-19(21)23)12-18(22)20-10-9-14-5-3-2-4-6-14/h2-8,11H,9-10,12-13H2,1H3,(H,20,22). The van der Waals surface area contributed by atoms with Crippen molar-refractivity contribution in [2.75, 3.05) is 18.5 Å². The molecule has 0 saturated carbocycles. The number of hydrogen-bond acceptors (Lipinski definition) is 2. The van der Waals surface area contributed by atoms with Crippen LogP contribution in [0.4, 0.5) is 5.69 Å². The Morgan fingerprint density at radius 2 is 1.91 bits per heavy atom. The number of nitrogens with zero attached hydrogens (tertiary/aromatic N) is 1. The number of anilines is 1. The van der Waals surface area contributed by atoms with E-state index in [9.17, 15) is 9.59 Å². The summed E-state index contributed by atoms with van der Waals surface area (Å²) < 4.78 is 0. The number of hydrogen-bond donors (Lipinski definition) is 1. The molecule has 118 valence electrons. The molecular formula is C19H20N2O2. The van der Waals surface area contributed by atoms with Gasteiger partial charge in [0.15, 0.2) is 0 Å². The molecule has 0 bridgehead atoms. The van der Waals surface area contributed by atoms with Gasteiger partial charge in [0.1, 0.15) is 0 Å². The molecule has 2 amide bonds. The fraction of sp³-hybridized carbons (Fsp3) is 0.263. The number of carbonyl (C=O) groups is 2. The second-order valence-electron chi connectivity index (χ2n) is 5.85. The Hall–Kier alpha value is -2.62. The largest absolute Gasteiger partial charge is 0.355 e. The van der Waals surface area contributed by atoms with Gasteiger partial charge in [-0.2, -0.15) is 0 Å². The number of benzene rings is 2. The third-order valence-electron chi connectivity index (χ3n) is 4.16. The highest BCUT2D eigenvalue weighted by molar-refractivity contribution is 6.01. The van der Waals surface area contributed by atoms with Crippen LogP contribution in [0.1, 0.15) is 16.7 Å². The lowest BCUT2D eigenvalue weighted by molar-refractivity contribution is -0.120. The molecule has 0 aromatic heterocycles. The first kappa shape index (κ1) is 15.3. The molecule has 0 fully saturated rings. The average molecular weight is 308 g/mol. The number of amides is 2. The first-order valence-corrected chi connectivity index (χ1v) is 7.82. The van der Waals surface area contributed by atoms with E-state index in [4.69, 9.17) is 0 Å². The molecule has 1 heterocycles. The van der Waals surface area contributed by atoms with Crippen molar-refractivity contribution in [3.63, 3.8) is 0 Å². The summed E-state index contributed by atoms with van der Waals surface area (Å²) in [5, 5.41) is 2.95. The van der Waals surface area contributed by atoms with Crippen molar-refractivity contribution in [3.05, 3.63) is 65.2 Å². The number of likely N-dealkylation sites (N-methyl/N-ethyl adjacent to an activating group) is 1. The normalized spacial score (nSPS) is 13.1. The third-order valence-corrected chi connectivity index (χ3v) is 4.16. The zero-order valence-electron chi connectivity index (χ0n) is 13.2. The van der Waals surface area contributed by atoms with Crippen LogP contribution in [0.15, 0.2) is 48.5 Å². The summed E-state index contributed by atoms with van der Waals surface area (Å²) in [7, 11) is 1.78. The van der Waals surface area contributed by atoms with Crippen molar-refractivity contribution in [2.24, 2.45) is 0 Å². The van der Waals surface area contributed by atoms with Crippen molar-refractivity contribution < 1.29 is 9.59 Å². The molecule has 1 aliphatic heterocycles. The van der Waals surface area contributed by atoms with Gasteiger partial charge in [0, 0.05) is 19.3 Å². The molecule has 0 atom stereocenters. The van der Waals surface area contributed by atoms with E-state index in [1.807, 2.05) is 36.4 Å². The van der Waals surface area contributed by atoms with E-state index in [1.54, 1.807) is 11.9 Å². The van der Waals surface area contributed by atoms with E-state index >= 15 is 0 Å². The van der Waals surface area contributed by atoms with Crippen LogP contribution in [0.3, 0.4) is 0 Å². The van der Waals surface area contributed by atoms with Crippen LogP contribution in [0.5, 0.6) is 0 Å². The van der Waals surface area contributed by atoms with Gasteiger partial charge in [0.05, 0.1) is 12.8 Å². The highest BCUT2D eigenvalue weighted by atomic mass is 16.2. The Morgan fingerprint density at radius 1 is 1.13 bits per heavy atom. The minimum atomic E-state index is 0.0126. The monoisotopic (exact) mass is 308 g/mol. The molecule has 1 aliphatic rings. The molecule has 4 nitrogen and oxygen atoms in total. The van der Waals surface area contributed by atoms with Crippen LogP contribution in [0.2, 0.25) is 0 Å². The van der Waals surface area contributed by atoms with Crippen LogP contribution in [-0.2, 0) is 28.9 Å². The summed E-state index contributed by atoms with van der Waals surface area (Å²) in [5.74, 6) is 0.114. The zero-order valence-corrected chi connectivity index (χ0v) is 13.2. The van der Waals surface area contributed by atoms with E-state index in [0.29, 0.717) is 19.4 Å². The van der Waals surface area contributed by atoms with E-state index in [2.05, 4.69) is 17.4 Å². The van der Waals surface area contributed by atoms with Crippen LogP contribution < -0.4 is 10.2 Å². The Morgan fingerprint density at radius 3 is 2.70 bits per heavy atom. The molecule has 2 aromatic carbocycles. The zero-order chi connectivity index (χ0) is 16.2. The van der Waals surface area contributed by atoms with Gasteiger partial charge in [0.2, 0.25) is 11.8 Å². The minimum absolute atomic E-state index is 0.0126. The summed E-state index contributed by atoms with van der Waals surface area (Å²) in [6.45, 7) is 0.634. The van der Waals surface area contributed by atoms with Gasteiger partial charge in [-0.3, -0.25) is 9.59 Å². The van der Waals surface area contributed by atoms with E-state index in [-0.39, 0.29) is 11.8 Å². The highest BCUT2D eigenvalue weighted by Crippen LogP contribution is 2.28. The Balaban J connectivity index is 1.53. The SMILES string of the molecule is CN1C(=O)Cc2cc(CC(=O)NCCc3ccccc3)ccc21. The van der Waals surface area contributed by atoms with Crippen molar-refractivity contribution >= 4 is 17.5 Å². The number of carbonyl (C=O) groups excluding carboxylic acids is 2. The summed E-state index contributed by atoms with van der Waals surface area (Å²) in [6, 6.07) is 15.9. The number of fused-ring (bicyclic) bond motifs is 1. The van der Waals surface area contributed by atoms with Gasteiger partial charge in [-0.1, -0.05) is 42.5 Å². The van der Waals surface area contributed by atoms with Crippen molar-refractivity contribution in [2.45, 2.75) is 19.3 Å². The maximum Gasteiger partial charge on any atom is 0.231 e. The molecule has 0 aliphatic carbocycles. The minimum Gasteiger partial charge on any atom is -0.355 e. The Kier molecular flexibility index (Phi) is 4.42. The van der Waals surface area contributed by atoms with Gasteiger partial charge in [-0.25, -0.2) is 0 Å². The molecule has 0 unspecified atom stereocenters. The summed E-state index contributed by atoms with van der Waals surface area (Å²) in [6.07, 6.45) is 1.60. The Bertz CT molecular complexity index is 725. The van der Waals surface area contributed by atoms with Crippen LogP contribution in [0.25, 0.3) is 0 Å². The van der Waals surface area contributed by atoms with E-state index in [0.717, 1.165) is 23.2 Å². The topological polar surface area (TPSA) is 49.4 Å². The smallest absolute Gasteiger partial charge is 0.231 e. The molecule has 4 heteroatoms. The van der Waals surface area contributed by atoms with Gasteiger partial charge in [-0.15, -0.1) is 0 Å². The third kappa shape index (κ3) is 3.59. The predicted octanol–water partition coefficient (Wildman–Crippen LogP) is 2.11. The second kappa shape index (κ2) is 6.65. The molecule has 3 rings (SSSR count). The first-order chi connectivity index (χ1) is 11.1. The van der Waals surface area contributed by atoms with Crippen LogP contribution in [0, 0.1) is 0 Å². The van der Waals surface area contributed by atoms with Crippen molar-refractivity contribution in [1.82, 2.24) is 5.32 Å². The van der Waals surface area contributed by atoms with Crippen molar-refractivity contribution in [3.8, 4) is 0 Å². The van der Waals surface area contributed by atoms with E-state index < -0.39 is 0 Å². The quantitative estimate of drug-likeness (QED) is 0.919. The van der Waals surface area contributed by atoms with Crippen LogP contribution in [-0.4, -0.2) is 25.4 Å². The molecular weight excluding hydrogens is 288 g/mol. The summed E-state index contributed by atoms with van der Waals surface area (Å²) in [5.41, 5.74) is 4.12. The second-order valence-corrected chi connectivity index (χ2v) is 5.85. The predicted molar refractivity (Wildman–Crippen MR) is 90.4 cm³/mol. The fourth-order valence-electron chi connectivity index (χ4n) is 2.87. The average Bonchev–Trinajstić information content (AvgIpc) is 2.82. The molecule has 0 saturated heterocycles. The van der Waals surface area contributed by atoms with Gasteiger partial charge >= 0.3 is 0 Å². The summed E-state index contributed by atoms with van der Waals surface area (Å²) in [4.78, 5) is 25.4. The van der Waals surface area contributed by atoms with Gasteiger partial charge < -0.3 is 10.2 Å². The lowest BCUT2D eigenvalue weighted by Gasteiger charge is -2.10. The molecule has 23 heavy (non-hydrogen) atoms. The lowest BCUT2D eigenvalue weighted by Crippen LogP contribution is -2.27.